The summed E-state index contributed by atoms with van der Waals surface area (Å²) >= 11 is 5.58. The molecule has 0 fully saturated rings. The minimum absolute atomic E-state index is 0.0150. The highest BCUT2D eigenvalue weighted by molar-refractivity contribution is 7.92. The second-order valence-electron chi connectivity index (χ2n) is 3.98. The topological polar surface area (TPSA) is 50.5 Å². The first-order valence-corrected chi connectivity index (χ1v) is 7.90. The third kappa shape index (κ3) is 2.66. The van der Waals surface area contributed by atoms with Crippen molar-refractivity contribution in [2.75, 3.05) is 10.8 Å². The van der Waals surface area contributed by atoms with Crippen molar-refractivity contribution in [2.24, 2.45) is 0 Å². The van der Waals surface area contributed by atoms with Gasteiger partial charge in [0.15, 0.2) is 0 Å². The van der Waals surface area contributed by atoms with Gasteiger partial charge in [0, 0.05) is 6.54 Å². The standard InChI is InChI=1S/C13H13ClFNO3S/c1-2-16(12-6-4-3-5-11(12)15)20(17,18)13-8-7-10(9-14)19-13/h3-8H,2,9H2,1H3. The molecule has 0 radical (unpaired) electrons. The maximum atomic E-state index is 13.8. The van der Waals surface area contributed by atoms with Gasteiger partial charge in [-0.3, -0.25) is 4.31 Å². The van der Waals surface area contributed by atoms with Gasteiger partial charge < -0.3 is 4.42 Å². The Labute approximate surface area is 121 Å². The highest BCUT2D eigenvalue weighted by atomic mass is 35.5. The summed E-state index contributed by atoms with van der Waals surface area (Å²) in [5, 5.41) is -0.252. The molecule has 0 saturated heterocycles. The average Bonchev–Trinajstić information content (AvgIpc) is 2.91. The highest BCUT2D eigenvalue weighted by Crippen LogP contribution is 2.27. The first-order valence-electron chi connectivity index (χ1n) is 5.92. The third-order valence-electron chi connectivity index (χ3n) is 2.72. The van der Waals surface area contributed by atoms with Crippen LogP contribution in [0.25, 0.3) is 0 Å². The van der Waals surface area contributed by atoms with Crippen LogP contribution in [0.2, 0.25) is 0 Å². The van der Waals surface area contributed by atoms with Crippen LogP contribution in [0, 0.1) is 5.82 Å². The molecule has 0 atom stereocenters. The van der Waals surface area contributed by atoms with E-state index in [-0.39, 0.29) is 23.2 Å². The number of rotatable bonds is 5. The van der Waals surface area contributed by atoms with Gasteiger partial charge in [0.05, 0.1) is 11.6 Å². The molecular formula is C13H13ClFNO3S. The second kappa shape index (κ2) is 5.85. The van der Waals surface area contributed by atoms with E-state index in [1.54, 1.807) is 13.0 Å². The summed E-state index contributed by atoms with van der Waals surface area (Å²) in [6.07, 6.45) is 0. The lowest BCUT2D eigenvalue weighted by Crippen LogP contribution is -2.31. The number of nitrogens with zero attached hydrogens (tertiary/aromatic N) is 1. The first kappa shape index (κ1) is 14.9. The van der Waals surface area contributed by atoms with Gasteiger partial charge in [0.2, 0.25) is 5.09 Å². The minimum Gasteiger partial charge on any atom is -0.447 e. The molecule has 1 aromatic carbocycles. The van der Waals surface area contributed by atoms with E-state index in [1.807, 2.05) is 0 Å². The highest BCUT2D eigenvalue weighted by Gasteiger charge is 2.28. The van der Waals surface area contributed by atoms with Crippen molar-refractivity contribution in [1.29, 1.82) is 0 Å². The molecule has 0 saturated carbocycles. The zero-order chi connectivity index (χ0) is 14.8. The Kier molecular flexibility index (Phi) is 4.35. The predicted octanol–water partition coefficient (Wildman–Crippen LogP) is 3.37. The molecule has 1 heterocycles. The van der Waals surface area contributed by atoms with Gasteiger partial charge in [0.1, 0.15) is 11.6 Å². The van der Waals surface area contributed by atoms with Crippen LogP contribution in [0.4, 0.5) is 10.1 Å². The van der Waals surface area contributed by atoms with Crippen LogP contribution in [0.1, 0.15) is 12.7 Å². The maximum Gasteiger partial charge on any atom is 0.297 e. The molecule has 2 rings (SSSR count). The van der Waals surface area contributed by atoms with E-state index in [0.717, 1.165) is 4.31 Å². The summed E-state index contributed by atoms with van der Waals surface area (Å²) in [6.45, 7) is 1.70. The molecule has 7 heteroatoms. The lowest BCUT2D eigenvalue weighted by atomic mass is 10.3. The Morgan fingerprint density at radius 2 is 1.95 bits per heavy atom. The predicted molar refractivity (Wildman–Crippen MR) is 74.9 cm³/mol. The minimum atomic E-state index is -3.95. The summed E-state index contributed by atoms with van der Waals surface area (Å²) in [7, 11) is -3.95. The van der Waals surface area contributed by atoms with E-state index < -0.39 is 15.8 Å². The number of sulfonamides is 1. The van der Waals surface area contributed by atoms with Gasteiger partial charge >= 0.3 is 0 Å². The van der Waals surface area contributed by atoms with Crippen LogP contribution in [-0.4, -0.2) is 15.0 Å². The monoisotopic (exact) mass is 317 g/mol. The maximum absolute atomic E-state index is 13.8. The van der Waals surface area contributed by atoms with Crippen molar-refractivity contribution < 1.29 is 17.2 Å². The fourth-order valence-corrected chi connectivity index (χ4v) is 3.36. The van der Waals surface area contributed by atoms with Crippen molar-refractivity contribution in [3.63, 3.8) is 0 Å². The van der Waals surface area contributed by atoms with Crippen LogP contribution < -0.4 is 4.31 Å². The third-order valence-corrected chi connectivity index (χ3v) is 4.75. The number of halogens is 2. The number of para-hydroxylation sites is 1. The zero-order valence-electron chi connectivity index (χ0n) is 10.7. The molecule has 0 aliphatic heterocycles. The molecule has 0 bridgehead atoms. The number of anilines is 1. The van der Waals surface area contributed by atoms with E-state index in [0.29, 0.717) is 5.76 Å². The van der Waals surface area contributed by atoms with Crippen LogP contribution in [0.5, 0.6) is 0 Å². The molecule has 20 heavy (non-hydrogen) atoms. The molecule has 2 aromatic rings. The van der Waals surface area contributed by atoms with E-state index in [9.17, 15) is 12.8 Å². The number of furan rings is 1. The molecule has 0 N–H and O–H groups in total. The van der Waals surface area contributed by atoms with Crippen molar-refractivity contribution in [2.45, 2.75) is 17.9 Å². The van der Waals surface area contributed by atoms with E-state index in [2.05, 4.69) is 0 Å². The Hall–Kier alpha value is -1.53. The van der Waals surface area contributed by atoms with E-state index in [4.69, 9.17) is 16.0 Å². The Balaban J connectivity index is 2.48. The lowest BCUT2D eigenvalue weighted by molar-refractivity contribution is 0.424. The molecule has 1 aromatic heterocycles. The Morgan fingerprint density at radius 3 is 2.50 bits per heavy atom. The van der Waals surface area contributed by atoms with Crippen molar-refractivity contribution in [1.82, 2.24) is 0 Å². The van der Waals surface area contributed by atoms with Crippen LogP contribution in [0.3, 0.4) is 0 Å². The van der Waals surface area contributed by atoms with E-state index >= 15 is 0 Å². The molecule has 0 unspecified atom stereocenters. The second-order valence-corrected chi connectivity index (χ2v) is 6.04. The molecule has 0 aliphatic rings. The molecule has 4 nitrogen and oxygen atoms in total. The first-order chi connectivity index (χ1) is 9.50. The van der Waals surface area contributed by atoms with Crippen LogP contribution in [0.15, 0.2) is 45.9 Å². The summed E-state index contributed by atoms with van der Waals surface area (Å²) in [5.41, 5.74) is -0.0150. The molecular weight excluding hydrogens is 305 g/mol. The number of alkyl halides is 1. The van der Waals surface area contributed by atoms with Crippen molar-refractivity contribution in [3.8, 4) is 0 Å². The van der Waals surface area contributed by atoms with Gasteiger partial charge in [-0.2, -0.15) is 8.42 Å². The Morgan fingerprint density at radius 1 is 1.25 bits per heavy atom. The quantitative estimate of drug-likeness (QED) is 0.794. The van der Waals surface area contributed by atoms with Gasteiger partial charge in [0.25, 0.3) is 10.0 Å². The zero-order valence-corrected chi connectivity index (χ0v) is 12.3. The summed E-state index contributed by atoms with van der Waals surface area (Å²) < 4.78 is 44.8. The number of hydrogen-bond acceptors (Lipinski definition) is 3. The summed E-state index contributed by atoms with van der Waals surface area (Å²) in [4.78, 5) is 0. The van der Waals surface area contributed by atoms with Crippen molar-refractivity contribution in [3.05, 3.63) is 48.0 Å². The molecule has 108 valence electrons. The van der Waals surface area contributed by atoms with Crippen LogP contribution >= 0.6 is 11.6 Å². The SMILES string of the molecule is CCN(c1ccccc1F)S(=O)(=O)c1ccc(CCl)o1. The number of benzene rings is 1. The molecule has 0 aliphatic carbocycles. The lowest BCUT2D eigenvalue weighted by Gasteiger charge is -2.21. The van der Waals surface area contributed by atoms with Gasteiger partial charge in [-0.25, -0.2) is 4.39 Å². The van der Waals surface area contributed by atoms with Gasteiger partial charge in [-0.05, 0) is 31.2 Å². The average molecular weight is 318 g/mol. The molecule has 0 amide bonds. The fourth-order valence-electron chi connectivity index (χ4n) is 1.80. The summed E-state index contributed by atoms with van der Waals surface area (Å²) in [5.74, 6) is -0.196. The Bertz CT molecular complexity index is 699. The normalized spacial score (nSPS) is 11.6. The fraction of sp³-hybridized carbons (Fsp3) is 0.231. The van der Waals surface area contributed by atoms with Gasteiger partial charge in [-0.15, -0.1) is 11.6 Å². The number of hydrogen-bond donors (Lipinski definition) is 0. The van der Waals surface area contributed by atoms with E-state index in [1.165, 1.54) is 30.3 Å². The van der Waals surface area contributed by atoms with Gasteiger partial charge in [-0.1, -0.05) is 12.1 Å². The van der Waals surface area contributed by atoms with Crippen molar-refractivity contribution >= 4 is 27.3 Å². The van der Waals surface area contributed by atoms with Crippen LogP contribution in [-0.2, 0) is 15.9 Å². The smallest absolute Gasteiger partial charge is 0.297 e. The largest absolute Gasteiger partial charge is 0.447 e. The summed E-state index contributed by atoms with van der Waals surface area (Å²) in [6, 6.07) is 8.48. The molecule has 0 spiro atoms.